The molecule has 2 aromatic carbocycles. The van der Waals surface area contributed by atoms with Gasteiger partial charge in [-0.3, -0.25) is 9.59 Å². The molecule has 2 heterocycles. The Labute approximate surface area is 180 Å². The normalized spacial score (nSPS) is 12.9. The molecule has 0 saturated carbocycles. The maximum atomic E-state index is 12.6. The minimum atomic E-state index is -0.237. The van der Waals surface area contributed by atoms with Crippen molar-refractivity contribution in [1.82, 2.24) is 4.90 Å². The molecule has 0 saturated heterocycles. The average Bonchev–Trinajstić information content (AvgIpc) is 3.23. The van der Waals surface area contributed by atoms with Crippen molar-refractivity contribution < 1.29 is 23.5 Å². The third-order valence-corrected chi connectivity index (χ3v) is 5.27. The summed E-state index contributed by atoms with van der Waals surface area (Å²) < 4.78 is 16.2. The van der Waals surface area contributed by atoms with Crippen LogP contribution in [-0.2, 0) is 22.5 Å². The maximum absolute atomic E-state index is 12.6. The Morgan fingerprint density at radius 3 is 2.61 bits per heavy atom. The first-order valence-corrected chi connectivity index (χ1v) is 10.0. The third-order valence-electron chi connectivity index (χ3n) is 5.27. The van der Waals surface area contributed by atoms with Crippen LogP contribution in [0.3, 0.4) is 0 Å². The molecule has 0 bridgehead atoms. The fraction of sp³-hybridized carbons (Fsp3) is 0.250. The van der Waals surface area contributed by atoms with Gasteiger partial charge in [0.15, 0.2) is 0 Å². The molecule has 0 spiro atoms. The van der Waals surface area contributed by atoms with E-state index in [1.54, 1.807) is 23.1 Å². The number of carbonyl (C=O) groups is 2. The van der Waals surface area contributed by atoms with Crippen molar-refractivity contribution in [3.63, 3.8) is 0 Å². The van der Waals surface area contributed by atoms with Gasteiger partial charge in [0.25, 0.3) is 5.91 Å². The van der Waals surface area contributed by atoms with E-state index in [-0.39, 0.29) is 18.4 Å². The van der Waals surface area contributed by atoms with E-state index in [4.69, 9.17) is 13.9 Å². The van der Waals surface area contributed by atoms with Gasteiger partial charge < -0.3 is 24.1 Å². The van der Waals surface area contributed by atoms with Crippen LogP contribution in [0.25, 0.3) is 11.3 Å². The molecule has 2 amide bonds. The zero-order valence-electron chi connectivity index (χ0n) is 17.5. The number of fused-ring (bicyclic) bond motifs is 1. The van der Waals surface area contributed by atoms with Crippen molar-refractivity contribution >= 4 is 17.5 Å². The molecular weight excluding hydrogens is 396 g/mol. The lowest BCUT2D eigenvalue weighted by Crippen LogP contribution is -2.37. The van der Waals surface area contributed by atoms with Crippen LogP contribution in [-0.4, -0.2) is 44.1 Å². The van der Waals surface area contributed by atoms with Gasteiger partial charge in [0.05, 0.1) is 12.7 Å². The molecular formula is C24H24N2O5. The quantitative estimate of drug-likeness (QED) is 0.657. The Kier molecular flexibility index (Phi) is 6.04. The molecule has 4 rings (SSSR count). The van der Waals surface area contributed by atoms with E-state index in [9.17, 15) is 9.59 Å². The van der Waals surface area contributed by atoms with Crippen LogP contribution in [0.5, 0.6) is 5.75 Å². The Morgan fingerprint density at radius 1 is 1.10 bits per heavy atom. The van der Waals surface area contributed by atoms with Crippen LogP contribution >= 0.6 is 0 Å². The van der Waals surface area contributed by atoms with Crippen LogP contribution in [0.4, 0.5) is 5.69 Å². The van der Waals surface area contributed by atoms with E-state index < -0.39 is 0 Å². The predicted molar refractivity (Wildman–Crippen MR) is 116 cm³/mol. The van der Waals surface area contributed by atoms with E-state index in [1.165, 1.54) is 14.2 Å². The average molecular weight is 420 g/mol. The number of nitrogens with zero attached hydrogens (tertiary/aromatic N) is 1. The summed E-state index contributed by atoms with van der Waals surface area (Å²) in [6.45, 7) is 1.23. The molecule has 7 nitrogen and oxygen atoms in total. The van der Waals surface area contributed by atoms with Gasteiger partial charge in [-0.1, -0.05) is 12.1 Å². The Balaban J connectivity index is 1.46. The highest BCUT2D eigenvalue weighted by atomic mass is 16.5. The van der Waals surface area contributed by atoms with E-state index in [2.05, 4.69) is 5.32 Å². The first-order valence-electron chi connectivity index (χ1n) is 10.0. The zero-order valence-corrected chi connectivity index (χ0v) is 17.5. The summed E-state index contributed by atoms with van der Waals surface area (Å²) in [5.74, 6) is 1.92. The van der Waals surface area contributed by atoms with Gasteiger partial charge in [-0.15, -0.1) is 0 Å². The Hall–Kier alpha value is -3.58. The van der Waals surface area contributed by atoms with Gasteiger partial charge >= 0.3 is 0 Å². The van der Waals surface area contributed by atoms with Gasteiger partial charge in [-0.2, -0.15) is 0 Å². The molecule has 3 aromatic rings. The number of amides is 2. The standard InChI is InChI=1S/C24H24N2O5/c1-29-15-23(27)26-12-11-20-17(14-26)13-22(31-20)16-7-9-18(10-8-16)25-24(28)19-5-3-4-6-21(19)30-2/h3-10,13H,11-12,14-15H2,1-2H3,(H,25,28). The van der Waals surface area contributed by atoms with Crippen LogP contribution in [0.2, 0.25) is 0 Å². The maximum Gasteiger partial charge on any atom is 0.259 e. The minimum absolute atomic E-state index is 0.0222. The van der Waals surface area contributed by atoms with Crippen molar-refractivity contribution in [3.8, 4) is 17.1 Å². The highest BCUT2D eigenvalue weighted by Crippen LogP contribution is 2.30. The molecule has 0 atom stereocenters. The lowest BCUT2D eigenvalue weighted by molar-refractivity contribution is -0.136. The van der Waals surface area contributed by atoms with Crippen LogP contribution in [0, 0.1) is 0 Å². The third kappa shape index (κ3) is 4.46. The topological polar surface area (TPSA) is 81.0 Å². The van der Waals surface area contributed by atoms with Crippen LogP contribution in [0.15, 0.2) is 59.0 Å². The lowest BCUT2D eigenvalue weighted by Gasteiger charge is -2.25. The molecule has 0 radical (unpaired) electrons. The van der Waals surface area contributed by atoms with Gasteiger partial charge in [0.1, 0.15) is 23.9 Å². The number of rotatable bonds is 6. The number of hydrogen-bond acceptors (Lipinski definition) is 5. The number of anilines is 1. The molecule has 1 aliphatic rings. The molecule has 1 aliphatic heterocycles. The number of hydrogen-bond donors (Lipinski definition) is 1. The second-order valence-electron chi connectivity index (χ2n) is 7.29. The van der Waals surface area contributed by atoms with Gasteiger partial charge in [-0.05, 0) is 42.5 Å². The molecule has 160 valence electrons. The first kappa shape index (κ1) is 20.7. The molecule has 0 aliphatic carbocycles. The summed E-state index contributed by atoms with van der Waals surface area (Å²) in [6.07, 6.45) is 0.678. The number of nitrogens with one attached hydrogen (secondary N) is 1. The zero-order chi connectivity index (χ0) is 21.8. The molecule has 7 heteroatoms. The van der Waals surface area contributed by atoms with Crippen molar-refractivity contribution in [3.05, 3.63) is 71.5 Å². The monoisotopic (exact) mass is 420 g/mol. The fourth-order valence-corrected chi connectivity index (χ4v) is 3.65. The summed E-state index contributed by atoms with van der Waals surface area (Å²) in [5, 5.41) is 2.89. The molecule has 0 fully saturated rings. The summed E-state index contributed by atoms with van der Waals surface area (Å²) in [4.78, 5) is 26.4. The second kappa shape index (κ2) is 9.06. The summed E-state index contributed by atoms with van der Waals surface area (Å²) >= 11 is 0. The number of para-hydroxylation sites is 1. The second-order valence-corrected chi connectivity index (χ2v) is 7.29. The lowest BCUT2D eigenvalue weighted by atomic mass is 10.1. The number of carbonyl (C=O) groups excluding carboxylic acids is 2. The highest BCUT2D eigenvalue weighted by molar-refractivity contribution is 6.06. The summed E-state index contributed by atoms with van der Waals surface area (Å²) in [7, 11) is 3.06. The van der Waals surface area contributed by atoms with E-state index in [0.717, 1.165) is 22.6 Å². The molecule has 1 N–H and O–H groups in total. The smallest absolute Gasteiger partial charge is 0.259 e. The molecule has 0 unspecified atom stereocenters. The number of benzene rings is 2. The van der Waals surface area contributed by atoms with Crippen molar-refractivity contribution in [2.45, 2.75) is 13.0 Å². The van der Waals surface area contributed by atoms with Gasteiger partial charge in [0.2, 0.25) is 5.91 Å². The minimum Gasteiger partial charge on any atom is -0.496 e. The SMILES string of the molecule is COCC(=O)N1CCc2oc(-c3ccc(NC(=O)c4ccccc4OC)cc3)cc2C1. The largest absolute Gasteiger partial charge is 0.496 e. The highest BCUT2D eigenvalue weighted by Gasteiger charge is 2.24. The van der Waals surface area contributed by atoms with E-state index >= 15 is 0 Å². The number of furan rings is 1. The van der Waals surface area contributed by atoms with E-state index in [1.807, 2.05) is 36.4 Å². The van der Waals surface area contributed by atoms with Gasteiger partial charge in [-0.25, -0.2) is 0 Å². The number of methoxy groups -OCH3 is 2. The fourth-order valence-electron chi connectivity index (χ4n) is 3.65. The summed E-state index contributed by atoms with van der Waals surface area (Å²) in [5.41, 5.74) is 3.06. The number of ether oxygens (including phenoxy) is 2. The Bertz CT molecular complexity index is 1090. The predicted octanol–water partition coefficient (Wildman–Crippen LogP) is 3.74. The van der Waals surface area contributed by atoms with Crippen molar-refractivity contribution in [2.75, 3.05) is 32.7 Å². The summed E-state index contributed by atoms with van der Waals surface area (Å²) in [6, 6.07) is 16.5. The Morgan fingerprint density at radius 2 is 1.87 bits per heavy atom. The van der Waals surface area contributed by atoms with Crippen LogP contribution in [0.1, 0.15) is 21.7 Å². The molecule has 31 heavy (non-hydrogen) atoms. The first-order chi connectivity index (χ1) is 15.1. The van der Waals surface area contributed by atoms with E-state index in [0.29, 0.717) is 36.5 Å². The van der Waals surface area contributed by atoms with Gasteiger partial charge in [0, 0.05) is 43.4 Å². The van der Waals surface area contributed by atoms with Crippen LogP contribution < -0.4 is 10.1 Å². The molecule has 1 aromatic heterocycles. The van der Waals surface area contributed by atoms with Crippen molar-refractivity contribution in [1.29, 1.82) is 0 Å². The van der Waals surface area contributed by atoms with Crippen molar-refractivity contribution in [2.24, 2.45) is 0 Å².